The normalized spacial score (nSPS) is 10.3. The molecular weight excluding hydrogens is 112 g/mol. The average Bonchev–Trinajstić information content (AvgIpc) is 1.61. The fourth-order valence-corrected chi connectivity index (χ4v) is 0.447. The van der Waals surface area contributed by atoms with E-state index in [9.17, 15) is 0 Å². The summed E-state index contributed by atoms with van der Waals surface area (Å²) in [6.07, 6.45) is 1.06. The summed E-state index contributed by atoms with van der Waals surface area (Å²) in [5.41, 5.74) is 0. The van der Waals surface area contributed by atoms with Gasteiger partial charge in [-0.3, -0.25) is 4.99 Å². The minimum absolute atomic E-state index is 0.925. The summed E-state index contributed by atoms with van der Waals surface area (Å²) in [5.74, 6) is 1.74. The Hall–Kier alpha value is 0.530. The lowest BCUT2D eigenvalue weighted by Gasteiger charge is -1.77. The Morgan fingerprint density at radius 2 is 2.33 bits per heavy atom. The van der Waals surface area contributed by atoms with Crippen LogP contribution in [0.25, 0.3) is 0 Å². The van der Waals surface area contributed by atoms with Crippen LogP contribution in [0.4, 0.5) is 0 Å². The molecule has 0 aromatic carbocycles. The third-order valence-corrected chi connectivity index (χ3v) is 0.833. The van der Waals surface area contributed by atoms with Crippen LogP contribution in [0.3, 0.4) is 0 Å². The maximum Gasteiger partial charge on any atom is 0.0423 e. The molecule has 0 aromatic heterocycles. The van der Waals surface area contributed by atoms with Crippen LogP contribution >= 0.6 is 18.5 Å². The third kappa shape index (κ3) is 4.53. The molecule has 0 spiro atoms. The maximum absolute atomic E-state index is 3.91. The zero-order valence-electron chi connectivity index (χ0n) is 3.59. The van der Waals surface area contributed by atoms with E-state index >= 15 is 0 Å². The summed E-state index contributed by atoms with van der Waals surface area (Å²) in [5, 5.41) is 0. The molecule has 0 bridgehead atoms. The molecule has 1 nitrogen and oxygen atoms in total. The van der Waals surface area contributed by atoms with Crippen molar-refractivity contribution >= 4 is 24.4 Å². The molecule has 2 unspecified atom stereocenters. The van der Waals surface area contributed by atoms with Gasteiger partial charge in [-0.1, -0.05) is 9.24 Å². The molecule has 0 aliphatic carbocycles. The Morgan fingerprint density at radius 3 is 2.50 bits per heavy atom. The minimum atomic E-state index is 0.925. The second-order valence-electron chi connectivity index (χ2n) is 0.844. The van der Waals surface area contributed by atoms with Crippen LogP contribution in [-0.2, 0) is 0 Å². The van der Waals surface area contributed by atoms with Gasteiger partial charge in [-0.2, -0.15) is 0 Å². The largest absolute Gasteiger partial charge is 0.293 e. The fourth-order valence-electron chi connectivity index (χ4n) is 0.149. The molecule has 0 heterocycles. The van der Waals surface area contributed by atoms with Crippen LogP contribution in [0.5, 0.6) is 0 Å². The van der Waals surface area contributed by atoms with Crippen molar-refractivity contribution < 1.29 is 0 Å². The van der Waals surface area contributed by atoms with Crippen LogP contribution in [0.1, 0.15) is 0 Å². The molecule has 0 rings (SSSR count). The molecule has 0 aliphatic heterocycles. The topological polar surface area (TPSA) is 12.4 Å². The Kier molecular flexibility index (Phi) is 6.02. The summed E-state index contributed by atoms with van der Waals surface area (Å²) in [4.78, 5) is 3.91. The lowest BCUT2D eigenvalue weighted by Crippen LogP contribution is -1.75. The molecule has 0 amide bonds. The van der Waals surface area contributed by atoms with Gasteiger partial charge in [0.1, 0.15) is 0 Å². The molecule has 0 fully saturated rings. The Bertz CT molecular complexity index is 44.1. The van der Waals surface area contributed by atoms with Gasteiger partial charge in [-0.25, -0.2) is 0 Å². The Morgan fingerprint density at radius 1 is 1.67 bits per heavy atom. The predicted octanol–water partition coefficient (Wildman–Crippen LogP) is 0.765. The maximum atomic E-state index is 3.91. The Balaban J connectivity index is 2.66. The first-order chi connectivity index (χ1) is 2.91. The van der Waals surface area contributed by atoms with Crippen molar-refractivity contribution in [3.8, 4) is 0 Å². The lowest BCUT2D eigenvalue weighted by atomic mass is 10.8. The van der Waals surface area contributed by atoms with Gasteiger partial charge in [0.2, 0.25) is 0 Å². The van der Waals surface area contributed by atoms with Crippen molar-refractivity contribution in [3.63, 3.8) is 0 Å². The van der Waals surface area contributed by atoms with E-state index in [1.165, 1.54) is 0 Å². The highest BCUT2D eigenvalue weighted by Crippen LogP contribution is 1.79. The van der Waals surface area contributed by atoms with Gasteiger partial charge < -0.3 is 0 Å². The van der Waals surface area contributed by atoms with Gasteiger partial charge in [0.05, 0.1) is 0 Å². The van der Waals surface area contributed by atoms with E-state index in [1.54, 1.807) is 5.96 Å². The van der Waals surface area contributed by atoms with E-state index in [4.69, 9.17) is 0 Å². The molecule has 0 aliphatic rings. The van der Waals surface area contributed by atoms with Crippen LogP contribution in [0, 0.1) is 0 Å². The van der Waals surface area contributed by atoms with E-state index in [1.807, 2.05) is 0 Å². The average molecular weight is 121 g/mol. The molecule has 0 N–H and O–H groups in total. The van der Waals surface area contributed by atoms with E-state index in [0.29, 0.717) is 0 Å². The molecule has 2 atom stereocenters. The van der Waals surface area contributed by atoms with Crippen molar-refractivity contribution in [1.29, 1.82) is 0 Å². The summed E-state index contributed by atoms with van der Waals surface area (Å²) in [6, 6.07) is 0. The van der Waals surface area contributed by atoms with Gasteiger partial charge >= 0.3 is 0 Å². The highest BCUT2D eigenvalue weighted by atomic mass is 31.0. The summed E-state index contributed by atoms with van der Waals surface area (Å²) >= 11 is 0. The van der Waals surface area contributed by atoms with Gasteiger partial charge in [-0.05, 0) is 6.16 Å². The molecule has 0 aromatic rings. The monoisotopic (exact) mass is 121 g/mol. The zero-order chi connectivity index (χ0) is 4.83. The Labute approximate surface area is 43.0 Å². The van der Waals surface area contributed by atoms with E-state index in [-0.39, 0.29) is 0 Å². The standard InChI is InChI=1S/C3H9NP2/c5-2-1-4-3-6/h3H,1-2,5-6H2. The number of nitrogens with zero attached hydrogens (tertiary/aromatic N) is 1. The van der Waals surface area contributed by atoms with Crippen LogP contribution in [0.2, 0.25) is 0 Å². The van der Waals surface area contributed by atoms with E-state index in [2.05, 4.69) is 23.5 Å². The van der Waals surface area contributed by atoms with Crippen LogP contribution < -0.4 is 0 Å². The second kappa shape index (κ2) is 5.53. The zero-order valence-corrected chi connectivity index (χ0v) is 5.90. The smallest absolute Gasteiger partial charge is 0.0423 e. The number of hydrogen-bond donors (Lipinski definition) is 0. The van der Waals surface area contributed by atoms with Crippen LogP contribution in [-0.4, -0.2) is 18.7 Å². The minimum Gasteiger partial charge on any atom is -0.293 e. The number of aliphatic imine (C=N–C) groups is 1. The van der Waals surface area contributed by atoms with Gasteiger partial charge in [-0.15, -0.1) is 9.24 Å². The van der Waals surface area contributed by atoms with Gasteiger partial charge in [0, 0.05) is 12.5 Å². The van der Waals surface area contributed by atoms with E-state index < -0.39 is 0 Å². The van der Waals surface area contributed by atoms with Crippen molar-refractivity contribution in [3.05, 3.63) is 0 Å². The molecule has 6 heavy (non-hydrogen) atoms. The van der Waals surface area contributed by atoms with Gasteiger partial charge in [0.15, 0.2) is 0 Å². The highest BCUT2D eigenvalue weighted by molar-refractivity contribution is 7.36. The first kappa shape index (κ1) is 6.53. The summed E-state index contributed by atoms with van der Waals surface area (Å²) < 4.78 is 0. The van der Waals surface area contributed by atoms with E-state index in [0.717, 1.165) is 12.7 Å². The predicted molar refractivity (Wildman–Crippen MR) is 37.6 cm³/mol. The quantitative estimate of drug-likeness (QED) is 0.378. The molecule has 36 valence electrons. The van der Waals surface area contributed by atoms with Gasteiger partial charge in [0.25, 0.3) is 0 Å². The highest BCUT2D eigenvalue weighted by Gasteiger charge is 1.64. The first-order valence-corrected chi connectivity index (χ1v) is 3.30. The fraction of sp³-hybridized carbons (Fsp3) is 0.667. The first-order valence-electron chi connectivity index (χ1n) is 1.82. The molecule has 0 saturated carbocycles. The third-order valence-electron chi connectivity index (χ3n) is 0.364. The molecular formula is C3H9NP2. The number of hydrogen-bond acceptors (Lipinski definition) is 1. The van der Waals surface area contributed by atoms with Crippen molar-refractivity contribution in [1.82, 2.24) is 0 Å². The second-order valence-corrected chi connectivity index (χ2v) is 1.72. The summed E-state index contributed by atoms with van der Waals surface area (Å²) in [6.45, 7) is 0.925. The molecule has 0 saturated heterocycles. The SMILES string of the molecule is PC=NCCP. The summed E-state index contributed by atoms with van der Waals surface area (Å²) in [7, 11) is 5.03. The lowest BCUT2D eigenvalue weighted by molar-refractivity contribution is 1.16. The van der Waals surface area contributed by atoms with Crippen molar-refractivity contribution in [2.75, 3.05) is 12.7 Å². The number of rotatable bonds is 2. The van der Waals surface area contributed by atoms with Crippen molar-refractivity contribution in [2.45, 2.75) is 0 Å². The molecule has 0 radical (unpaired) electrons. The molecule has 3 heteroatoms. The van der Waals surface area contributed by atoms with Crippen molar-refractivity contribution in [2.24, 2.45) is 4.99 Å². The van der Waals surface area contributed by atoms with Crippen LogP contribution in [0.15, 0.2) is 4.99 Å².